The first-order chi connectivity index (χ1) is 9.53. The molecule has 2 rings (SSSR count). The number of benzene rings is 1. The number of sulfonamides is 1. The van der Waals surface area contributed by atoms with E-state index in [1.165, 1.54) is 12.1 Å². The third kappa shape index (κ3) is 3.55. The van der Waals surface area contributed by atoms with E-state index in [2.05, 4.69) is 9.71 Å². The van der Waals surface area contributed by atoms with Crippen LogP contribution in [0.25, 0.3) is 0 Å². The number of hydrogen-bond donors (Lipinski definition) is 2. The fraction of sp³-hybridized carbons (Fsp3) is 0.154. The Bertz CT molecular complexity index is 690. The van der Waals surface area contributed by atoms with Crippen molar-refractivity contribution in [3.05, 3.63) is 58.9 Å². The van der Waals surface area contributed by atoms with Crippen molar-refractivity contribution >= 4 is 21.6 Å². The third-order valence-corrected chi connectivity index (χ3v) is 4.54. The molecular weight excluding hydrogens is 300 g/mol. The molecule has 0 saturated heterocycles. The van der Waals surface area contributed by atoms with Crippen LogP contribution < -0.4 is 4.72 Å². The quantitative estimate of drug-likeness (QED) is 0.881. The molecule has 0 amide bonds. The molecule has 0 spiro atoms. The van der Waals surface area contributed by atoms with Crippen molar-refractivity contribution < 1.29 is 13.5 Å². The smallest absolute Gasteiger partial charge is 0.242 e. The molecule has 0 bridgehead atoms. The van der Waals surface area contributed by atoms with Crippen molar-refractivity contribution in [2.24, 2.45) is 0 Å². The van der Waals surface area contributed by atoms with E-state index < -0.39 is 10.0 Å². The second-order valence-corrected chi connectivity index (χ2v) is 6.25. The molecule has 0 saturated carbocycles. The lowest BCUT2D eigenvalue weighted by molar-refractivity contribution is 0.281. The summed E-state index contributed by atoms with van der Waals surface area (Å²) in [6, 6.07) is 7.87. The molecule has 0 fully saturated rings. The van der Waals surface area contributed by atoms with Crippen LogP contribution in [-0.4, -0.2) is 18.5 Å². The summed E-state index contributed by atoms with van der Waals surface area (Å²) >= 11 is 5.91. The summed E-state index contributed by atoms with van der Waals surface area (Å²) in [5, 5.41) is 9.17. The number of aromatic nitrogens is 1. The van der Waals surface area contributed by atoms with Crippen molar-refractivity contribution in [1.29, 1.82) is 0 Å². The van der Waals surface area contributed by atoms with Gasteiger partial charge in [0.25, 0.3) is 0 Å². The SMILES string of the molecule is O=S(=O)(NCc1cccnc1)c1cc(CO)ccc1Cl. The largest absolute Gasteiger partial charge is 0.392 e. The van der Waals surface area contributed by atoms with Crippen LogP contribution in [0.2, 0.25) is 5.02 Å². The molecule has 1 heterocycles. The van der Waals surface area contributed by atoms with Gasteiger partial charge in [-0.2, -0.15) is 0 Å². The van der Waals surface area contributed by atoms with Crippen LogP contribution in [0, 0.1) is 0 Å². The average Bonchev–Trinajstić information content (AvgIpc) is 2.47. The second-order valence-electron chi connectivity index (χ2n) is 4.11. The van der Waals surface area contributed by atoms with Crippen molar-refractivity contribution in [3.8, 4) is 0 Å². The van der Waals surface area contributed by atoms with E-state index >= 15 is 0 Å². The van der Waals surface area contributed by atoms with E-state index in [0.29, 0.717) is 5.56 Å². The zero-order valence-corrected chi connectivity index (χ0v) is 12.0. The summed E-state index contributed by atoms with van der Waals surface area (Å²) in [5.41, 5.74) is 1.22. The highest BCUT2D eigenvalue weighted by Gasteiger charge is 2.18. The number of halogens is 1. The number of rotatable bonds is 5. The van der Waals surface area contributed by atoms with Crippen LogP contribution in [0.4, 0.5) is 0 Å². The van der Waals surface area contributed by atoms with Crippen molar-refractivity contribution in [3.63, 3.8) is 0 Å². The molecule has 1 aromatic carbocycles. The first kappa shape index (κ1) is 14.9. The normalized spacial score (nSPS) is 11.5. The zero-order valence-electron chi connectivity index (χ0n) is 10.5. The molecule has 106 valence electrons. The highest BCUT2D eigenvalue weighted by molar-refractivity contribution is 7.89. The van der Waals surface area contributed by atoms with E-state index in [4.69, 9.17) is 16.7 Å². The maximum atomic E-state index is 12.2. The Morgan fingerprint density at radius 2 is 2.05 bits per heavy atom. The summed E-state index contributed by atoms with van der Waals surface area (Å²) in [4.78, 5) is 3.86. The van der Waals surface area contributed by atoms with Gasteiger partial charge in [-0.3, -0.25) is 4.98 Å². The highest BCUT2D eigenvalue weighted by Crippen LogP contribution is 2.22. The fourth-order valence-electron chi connectivity index (χ4n) is 1.61. The molecule has 0 atom stereocenters. The van der Waals surface area contributed by atoms with Crippen molar-refractivity contribution in [2.45, 2.75) is 18.0 Å². The van der Waals surface area contributed by atoms with E-state index in [1.54, 1.807) is 30.6 Å². The monoisotopic (exact) mass is 312 g/mol. The number of aliphatic hydroxyl groups excluding tert-OH is 1. The van der Waals surface area contributed by atoms with E-state index in [0.717, 1.165) is 5.56 Å². The Hall–Kier alpha value is -1.47. The number of hydrogen-bond acceptors (Lipinski definition) is 4. The number of pyridine rings is 1. The molecule has 2 aromatic rings. The molecule has 20 heavy (non-hydrogen) atoms. The van der Waals surface area contributed by atoms with Crippen LogP contribution >= 0.6 is 11.6 Å². The standard InChI is InChI=1S/C13H13ClN2O3S/c14-12-4-3-10(9-17)6-13(12)20(18,19)16-8-11-2-1-5-15-7-11/h1-7,16-17H,8-9H2. The molecule has 7 heteroatoms. The molecule has 5 nitrogen and oxygen atoms in total. The number of nitrogens with zero attached hydrogens (tertiary/aromatic N) is 1. The average molecular weight is 313 g/mol. The van der Waals surface area contributed by atoms with Gasteiger partial charge in [0, 0.05) is 18.9 Å². The van der Waals surface area contributed by atoms with Gasteiger partial charge in [0.05, 0.1) is 11.6 Å². The van der Waals surface area contributed by atoms with Gasteiger partial charge in [-0.15, -0.1) is 0 Å². The van der Waals surface area contributed by atoms with Gasteiger partial charge in [-0.25, -0.2) is 13.1 Å². The maximum Gasteiger partial charge on any atom is 0.242 e. The highest BCUT2D eigenvalue weighted by atomic mass is 35.5. The van der Waals surface area contributed by atoms with Crippen molar-refractivity contribution in [2.75, 3.05) is 0 Å². The van der Waals surface area contributed by atoms with E-state index in [-0.39, 0.29) is 23.1 Å². The van der Waals surface area contributed by atoms with Crippen LogP contribution in [0.5, 0.6) is 0 Å². The molecule has 0 aliphatic heterocycles. The van der Waals surface area contributed by atoms with Gasteiger partial charge < -0.3 is 5.11 Å². The minimum atomic E-state index is -3.74. The summed E-state index contributed by atoms with van der Waals surface area (Å²) < 4.78 is 26.8. The van der Waals surface area contributed by atoms with Crippen LogP contribution in [0.3, 0.4) is 0 Å². The summed E-state index contributed by atoms with van der Waals surface area (Å²) in [7, 11) is -3.74. The summed E-state index contributed by atoms with van der Waals surface area (Å²) in [6.45, 7) is -0.127. The maximum absolute atomic E-state index is 12.2. The fourth-order valence-corrected chi connectivity index (χ4v) is 3.18. The number of nitrogens with one attached hydrogen (secondary N) is 1. The van der Waals surface area contributed by atoms with Gasteiger partial charge in [0.1, 0.15) is 4.90 Å². The molecule has 0 unspecified atom stereocenters. The van der Waals surface area contributed by atoms with Crippen molar-refractivity contribution in [1.82, 2.24) is 9.71 Å². The van der Waals surface area contributed by atoms with Crippen LogP contribution in [0.15, 0.2) is 47.6 Å². The first-order valence-corrected chi connectivity index (χ1v) is 7.67. The van der Waals surface area contributed by atoms with Gasteiger partial charge in [-0.05, 0) is 29.3 Å². The van der Waals surface area contributed by atoms with Gasteiger partial charge in [-0.1, -0.05) is 23.7 Å². The van der Waals surface area contributed by atoms with Gasteiger partial charge in [0.2, 0.25) is 10.0 Å². The number of aliphatic hydroxyl groups is 1. The van der Waals surface area contributed by atoms with Gasteiger partial charge >= 0.3 is 0 Å². The van der Waals surface area contributed by atoms with Crippen LogP contribution in [0.1, 0.15) is 11.1 Å². The predicted octanol–water partition coefficient (Wildman–Crippen LogP) is 1.71. The Morgan fingerprint density at radius 1 is 1.25 bits per heavy atom. The molecule has 0 radical (unpaired) electrons. The van der Waals surface area contributed by atoms with E-state index in [1.807, 2.05) is 0 Å². The molecule has 0 aliphatic rings. The lowest BCUT2D eigenvalue weighted by atomic mass is 10.2. The lowest BCUT2D eigenvalue weighted by Crippen LogP contribution is -2.23. The summed E-state index contributed by atoms with van der Waals surface area (Å²) in [5.74, 6) is 0. The molecular formula is C13H13ClN2O3S. The third-order valence-electron chi connectivity index (χ3n) is 2.66. The molecule has 1 aromatic heterocycles. The Morgan fingerprint density at radius 3 is 2.70 bits per heavy atom. The zero-order chi connectivity index (χ0) is 14.6. The predicted molar refractivity (Wildman–Crippen MR) is 75.6 cm³/mol. The molecule has 2 N–H and O–H groups in total. The lowest BCUT2D eigenvalue weighted by Gasteiger charge is -2.09. The van der Waals surface area contributed by atoms with Gasteiger partial charge in [0.15, 0.2) is 0 Å². The molecule has 0 aliphatic carbocycles. The topological polar surface area (TPSA) is 79.3 Å². The summed E-state index contributed by atoms with van der Waals surface area (Å²) in [6.07, 6.45) is 3.19. The Balaban J connectivity index is 2.22. The first-order valence-electron chi connectivity index (χ1n) is 5.81. The minimum absolute atomic E-state index is 0.0467. The minimum Gasteiger partial charge on any atom is -0.392 e. The van der Waals surface area contributed by atoms with E-state index in [9.17, 15) is 8.42 Å². The van der Waals surface area contributed by atoms with Crippen LogP contribution in [-0.2, 0) is 23.2 Å². The second kappa shape index (κ2) is 6.32. The Labute approximate surface area is 122 Å². The Kier molecular flexibility index (Phi) is 4.72.